The molecule has 52 heavy (non-hydrogen) atoms. The number of methoxy groups -OCH3 is 4. The van der Waals surface area contributed by atoms with E-state index in [0.717, 1.165) is 30.8 Å². The molecule has 0 fully saturated rings. The summed E-state index contributed by atoms with van der Waals surface area (Å²) in [5.74, 6) is -2.89. The lowest BCUT2D eigenvalue weighted by Crippen LogP contribution is -2.30. The summed E-state index contributed by atoms with van der Waals surface area (Å²) in [5, 5.41) is 39.5. The van der Waals surface area contributed by atoms with Crippen molar-refractivity contribution in [1.29, 1.82) is 0 Å². The Bertz CT molecular complexity index is 2010. The fraction of sp³-hybridized carbons (Fsp3) is 0.133. The quantitative estimate of drug-likeness (QED) is 0.0653. The minimum Gasteiger partial charge on any atom is -0.465 e. The Balaban J connectivity index is 0.000000289. The maximum absolute atomic E-state index is 11.6. The number of hydrogen-bond donors (Lipinski definition) is 4. The van der Waals surface area contributed by atoms with E-state index in [0.29, 0.717) is 16.8 Å². The summed E-state index contributed by atoms with van der Waals surface area (Å²) in [6, 6.07) is 10.2. The molecule has 22 heteroatoms. The number of pyridine rings is 2. The van der Waals surface area contributed by atoms with Gasteiger partial charge in [-0.15, -0.1) is 0 Å². The first-order chi connectivity index (χ1) is 24.5. The molecule has 0 atom stereocenters. The van der Waals surface area contributed by atoms with Crippen LogP contribution in [-0.4, -0.2) is 89.3 Å². The topological polar surface area (TPSA) is 310 Å². The molecule has 4 rings (SSSR count). The number of carbonyl (C=O) groups excluding carboxylic acids is 4. The molecule has 0 bridgehead atoms. The van der Waals surface area contributed by atoms with E-state index in [1.54, 1.807) is 6.07 Å². The predicted molar refractivity (Wildman–Crippen MR) is 185 cm³/mol. The Morgan fingerprint density at radius 1 is 0.673 bits per heavy atom. The van der Waals surface area contributed by atoms with E-state index in [2.05, 4.69) is 44.8 Å². The summed E-state index contributed by atoms with van der Waals surface area (Å²) in [6.07, 6.45) is 2.82. The second-order valence-corrected chi connectivity index (χ2v) is 10.5. The van der Waals surface area contributed by atoms with Gasteiger partial charge in [0.15, 0.2) is 11.4 Å². The van der Waals surface area contributed by atoms with Gasteiger partial charge >= 0.3 is 31.0 Å². The van der Waals surface area contributed by atoms with Crippen LogP contribution in [0.2, 0.25) is 0 Å². The van der Waals surface area contributed by atoms with Gasteiger partial charge in [0, 0.05) is 34.6 Å². The van der Waals surface area contributed by atoms with E-state index in [1.165, 1.54) is 56.9 Å². The lowest BCUT2D eigenvalue weighted by Gasteiger charge is -2.07. The SMILES string of the molecule is COC(=O)c1ccc(-c2cnc(C(=O)OC)c(N)c2)cc1[N+](=O)[O-].COC(=O)c1ccc(B(O)O)cc1[N+](=O)[O-].COC(=O)c1ncc(Br)cc1N. The van der Waals surface area contributed by atoms with Crippen molar-refractivity contribution in [2.45, 2.75) is 0 Å². The number of benzene rings is 2. The van der Waals surface area contributed by atoms with Crippen LogP contribution in [0.1, 0.15) is 41.7 Å². The van der Waals surface area contributed by atoms with Gasteiger partial charge in [-0.25, -0.2) is 29.1 Å². The minimum atomic E-state index is -1.83. The third-order valence-corrected chi connectivity index (χ3v) is 6.85. The minimum absolute atomic E-state index is 0.0538. The molecule has 20 nitrogen and oxygen atoms in total. The van der Waals surface area contributed by atoms with Gasteiger partial charge in [0.05, 0.1) is 49.7 Å². The summed E-state index contributed by atoms with van der Waals surface area (Å²) >= 11 is 3.17. The highest BCUT2D eigenvalue weighted by molar-refractivity contribution is 9.10. The molecule has 0 aliphatic heterocycles. The highest BCUT2D eigenvalue weighted by atomic mass is 79.9. The Morgan fingerprint density at radius 3 is 1.54 bits per heavy atom. The summed E-state index contributed by atoms with van der Waals surface area (Å²) < 4.78 is 18.6. The molecule has 0 radical (unpaired) electrons. The number of nitrogen functional groups attached to an aromatic ring is 2. The Morgan fingerprint density at radius 2 is 1.12 bits per heavy atom. The molecule has 0 aliphatic carbocycles. The van der Waals surface area contributed by atoms with Gasteiger partial charge < -0.3 is 40.5 Å². The molecule has 2 aromatic heterocycles. The second-order valence-electron chi connectivity index (χ2n) is 9.62. The largest absolute Gasteiger partial charge is 0.488 e. The van der Waals surface area contributed by atoms with Crippen LogP contribution in [0.3, 0.4) is 0 Å². The molecule has 2 aromatic carbocycles. The van der Waals surface area contributed by atoms with E-state index in [4.69, 9.17) is 21.5 Å². The van der Waals surface area contributed by atoms with Gasteiger partial charge in [-0.05, 0) is 51.2 Å². The molecule has 0 aliphatic rings. The number of anilines is 2. The predicted octanol–water partition coefficient (Wildman–Crippen LogP) is 2.09. The average molecular weight is 787 g/mol. The number of hydrogen-bond acceptors (Lipinski definition) is 18. The zero-order chi connectivity index (χ0) is 39.3. The zero-order valence-corrected chi connectivity index (χ0v) is 29.1. The van der Waals surface area contributed by atoms with Crippen molar-refractivity contribution in [1.82, 2.24) is 9.97 Å². The van der Waals surface area contributed by atoms with Crippen LogP contribution in [0.5, 0.6) is 0 Å². The number of esters is 4. The van der Waals surface area contributed by atoms with E-state index in [1.807, 2.05) is 0 Å². The van der Waals surface area contributed by atoms with Crippen LogP contribution >= 0.6 is 15.9 Å². The average Bonchev–Trinajstić information content (AvgIpc) is 3.13. The molecule has 0 spiro atoms. The lowest BCUT2D eigenvalue weighted by molar-refractivity contribution is -0.385. The van der Waals surface area contributed by atoms with Crippen molar-refractivity contribution >= 4 is 75.1 Å². The van der Waals surface area contributed by atoms with Crippen molar-refractivity contribution in [2.75, 3.05) is 39.9 Å². The Hall–Kier alpha value is -6.52. The lowest BCUT2D eigenvalue weighted by atomic mass is 9.79. The highest BCUT2D eigenvalue weighted by Gasteiger charge is 2.25. The molecule has 0 saturated heterocycles. The van der Waals surface area contributed by atoms with Crippen molar-refractivity contribution in [3.05, 3.63) is 108 Å². The van der Waals surface area contributed by atoms with Crippen molar-refractivity contribution < 1.29 is 58.0 Å². The standard InChI is InChI=1S/C15H13N3O6.C8H8BNO6.C7H7BrN2O2/c1-23-14(19)10-4-3-8(6-12(10)18(21)22)9-5-11(16)13(17-7-9)15(20)24-2;1-16-8(11)6-3-2-5(9(12)13)4-7(6)10(14)15;1-12-7(11)6-5(9)2-4(8)3-10-6/h3-7H,16H2,1-2H3;2-4,12-13H,1H3;2-3H,9H2,1H3. The fourth-order valence-electron chi connectivity index (χ4n) is 3.92. The van der Waals surface area contributed by atoms with Crippen LogP contribution in [0, 0.1) is 20.2 Å². The second kappa shape index (κ2) is 19.0. The molecular formula is C30H28BBrN6O14. The number of carbonyl (C=O) groups is 4. The van der Waals surface area contributed by atoms with E-state index >= 15 is 0 Å². The Kier molecular flexibility index (Phi) is 15.2. The first-order valence-electron chi connectivity index (χ1n) is 13.9. The van der Waals surface area contributed by atoms with Crippen LogP contribution in [0.25, 0.3) is 11.1 Å². The van der Waals surface area contributed by atoms with Gasteiger partial charge in [0.2, 0.25) is 0 Å². The number of nitro groups is 2. The summed E-state index contributed by atoms with van der Waals surface area (Å²) in [7, 11) is 2.89. The molecule has 0 amide bonds. The molecular weight excluding hydrogens is 759 g/mol. The summed E-state index contributed by atoms with van der Waals surface area (Å²) in [5.41, 5.74) is 11.2. The molecule has 2 heterocycles. The van der Waals surface area contributed by atoms with Gasteiger partial charge in [-0.1, -0.05) is 12.1 Å². The van der Waals surface area contributed by atoms with Gasteiger partial charge in [-0.2, -0.15) is 0 Å². The van der Waals surface area contributed by atoms with Crippen molar-refractivity contribution in [3.63, 3.8) is 0 Å². The monoisotopic (exact) mass is 786 g/mol. The van der Waals surface area contributed by atoms with E-state index in [9.17, 15) is 39.4 Å². The van der Waals surface area contributed by atoms with Crippen LogP contribution in [0.15, 0.2) is 65.4 Å². The first kappa shape index (κ1) is 41.7. The molecule has 0 saturated carbocycles. The molecule has 272 valence electrons. The maximum atomic E-state index is 11.6. The third-order valence-electron chi connectivity index (χ3n) is 6.41. The number of rotatable bonds is 8. The fourth-order valence-corrected chi connectivity index (χ4v) is 4.27. The number of nitrogens with two attached hydrogens (primary N) is 2. The number of halogens is 1. The normalized spacial score (nSPS) is 9.83. The number of aromatic nitrogens is 2. The van der Waals surface area contributed by atoms with Crippen LogP contribution < -0.4 is 16.9 Å². The van der Waals surface area contributed by atoms with E-state index < -0.39 is 52.2 Å². The van der Waals surface area contributed by atoms with Gasteiger partial charge in [0.25, 0.3) is 11.4 Å². The van der Waals surface area contributed by atoms with Gasteiger partial charge in [0.1, 0.15) is 11.1 Å². The summed E-state index contributed by atoms with van der Waals surface area (Å²) in [4.78, 5) is 73.2. The number of nitro benzene ring substituents is 2. The Labute approximate surface area is 301 Å². The highest BCUT2D eigenvalue weighted by Crippen LogP contribution is 2.29. The molecule has 0 unspecified atom stereocenters. The van der Waals surface area contributed by atoms with Crippen LogP contribution in [-0.2, 0) is 18.9 Å². The number of ether oxygens (including phenoxy) is 4. The van der Waals surface area contributed by atoms with Gasteiger partial charge in [-0.3, -0.25) is 20.2 Å². The first-order valence-corrected chi connectivity index (χ1v) is 14.7. The van der Waals surface area contributed by atoms with Crippen LogP contribution in [0.4, 0.5) is 22.7 Å². The molecule has 4 aromatic rings. The third kappa shape index (κ3) is 10.7. The number of nitrogens with zero attached hydrogens (tertiary/aromatic N) is 4. The molecule has 6 N–H and O–H groups in total. The van der Waals surface area contributed by atoms with E-state index in [-0.39, 0.29) is 33.7 Å². The zero-order valence-electron chi connectivity index (χ0n) is 27.5. The van der Waals surface area contributed by atoms with Crippen molar-refractivity contribution in [2.24, 2.45) is 0 Å². The van der Waals surface area contributed by atoms with Crippen molar-refractivity contribution in [3.8, 4) is 11.1 Å². The smallest absolute Gasteiger partial charge is 0.465 e. The maximum Gasteiger partial charge on any atom is 0.488 e. The summed E-state index contributed by atoms with van der Waals surface area (Å²) in [6.45, 7) is 0.